The molecule has 1 aromatic heterocycles. The molecule has 0 radical (unpaired) electrons. The fourth-order valence-corrected chi connectivity index (χ4v) is 2.83. The lowest BCUT2D eigenvalue weighted by Crippen LogP contribution is -2.21. The molecule has 1 heterocycles. The van der Waals surface area contributed by atoms with Gasteiger partial charge in [0.25, 0.3) is 0 Å². The van der Waals surface area contributed by atoms with Gasteiger partial charge in [0.15, 0.2) is 5.82 Å². The van der Waals surface area contributed by atoms with Gasteiger partial charge in [-0.3, -0.25) is 0 Å². The van der Waals surface area contributed by atoms with Crippen molar-refractivity contribution < 1.29 is 9.90 Å². The first-order valence-corrected chi connectivity index (χ1v) is 8.52. The quantitative estimate of drug-likeness (QED) is 0.604. The lowest BCUT2D eigenvalue weighted by atomic mass is 10.1. The van der Waals surface area contributed by atoms with Gasteiger partial charge < -0.3 is 15.2 Å². The van der Waals surface area contributed by atoms with Crippen LogP contribution >= 0.6 is 0 Å². The van der Waals surface area contributed by atoms with E-state index in [1.807, 2.05) is 55.5 Å². The molecular formula is C22H16N3O2-. The van der Waals surface area contributed by atoms with E-state index in [1.165, 1.54) is 17.7 Å². The van der Waals surface area contributed by atoms with E-state index >= 15 is 0 Å². The first-order chi connectivity index (χ1) is 13.1. The monoisotopic (exact) mass is 354 g/mol. The minimum absolute atomic E-state index is 0.133. The number of carbonyl (C=O) groups excluding carboxylic acids is 1. The topological polar surface area (TPSA) is 77.9 Å². The number of rotatable bonds is 4. The Morgan fingerprint density at radius 3 is 2.30 bits per heavy atom. The first-order valence-electron chi connectivity index (χ1n) is 8.52. The van der Waals surface area contributed by atoms with Crippen LogP contribution in [0, 0.1) is 6.92 Å². The Hall–Kier alpha value is -3.73. The summed E-state index contributed by atoms with van der Waals surface area (Å²) in [4.78, 5) is 20.3. The Morgan fingerprint density at radius 2 is 1.59 bits per heavy atom. The molecule has 27 heavy (non-hydrogen) atoms. The number of aromatic carboxylic acids is 1. The van der Waals surface area contributed by atoms with Crippen LogP contribution < -0.4 is 10.4 Å². The zero-order chi connectivity index (χ0) is 18.8. The molecular weight excluding hydrogens is 338 g/mol. The number of anilines is 2. The van der Waals surface area contributed by atoms with Crippen molar-refractivity contribution in [2.45, 2.75) is 6.92 Å². The van der Waals surface area contributed by atoms with E-state index in [1.54, 1.807) is 12.1 Å². The van der Waals surface area contributed by atoms with Crippen LogP contribution in [-0.2, 0) is 0 Å². The van der Waals surface area contributed by atoms with Crippen LogP contribution in [-0.4, -0.2) is 15.9 Å². The summed E-state index contributed by atoms with van der Waals surface area (Å²) in [6.07, 6.45) is 0. The molecule has 0 atom stereocenters. The molecule has 0 aliphatic carbocycles. The first kappa shape index (κ1) is 16.7. The van der Waals surface area contributed by atoms with Crippen LogP contribution in [0.1, 0.15) is 15.9 Å². The molecule has 0 aliphatic rings. The van der Waals surface area contributed by atoms with Gasteiger partial charge >= 0.3 is 0 Å². The maximum atomic E-state index is 10.9. The van der Waals surface area contributed by atoms with Crippen molar-refractivity contribution in [1.29, 1.82) is 0 Å². The van der Waals surface area contributed by atoms with Crippen molar-refractivity contribution in [2.75, 3.05) is 5.32 Å². The number of carboxylic acids is 1. The highest BCUT2D eigenvalue weighted by Crippen LogP contribution is 2.27. The van der Waals surface area contributed by atoms with Crippen LogP contribution in [0.15, 0.2) is 72.8 Å². The van der Waals surface area contributed by atoms with Gasteiger partial charge in [-0.05, 0) is 36.8 Å². The molecule has 0 fully saturated rings. The highest BCUT2D eigenvalue weighted by Gasteiger charge is 2.10. The third kappa shape index (κ3) is 3.48. The van der Waals surface area contributed by atoms with E-state index in [9.17, 15) is 9.90 Å². The summed E-state index contributed by atoms with van der Waals surface area (Å²) >= 11 is 0. The lowest BCUT2D eigenvalue weighted by molar-refractivity contribution is -0.255. The summed E-state index contributed by atoms with van der Waals surface area (Å²) in [6.45, 7) is 2.04. The number of carboxylic acid groups (broad SMARTS) is 1. The smallest absolute Gasteiger partial charge is 0.162 e. The maximum Gasteiger partial charge on any atom is 0.162 e. The third-order valence-electron chi connectivity index (χ3n) is 4.30. The van der Waals surface area contributed by atoms with Gasteiger partial charge in [0.1, 0.15) is 5.82 Å². The molecule has 5 nitrogen and oxygen atoms in total. The highest BCUT2D eigenvalue weighted by atomic mass is 16.4. The zero-order valence-electron chi connectivity index (χ0n) is 14.6. The summed E-state index contributed by atoms with van der Waals surface area (Å²) in [6, 6.07) is 22.2. The summed E-state index contributed by atoms with van der Waals surface area (Å²) in [7, 11) is 0. The van der Waals surface area contributed by atoms with Crippen molar-refractivity contribution in [3.05, 3.63) is 83.9 Å². The van der Waals surface area contributed by atoms with Gasteiger partial charge in [-0.25, -0.2) is 9.97 Å². The van der Waals surface area contributed by atoms with Gasteiger partial charge in [0, 0.05) is 16.6 Å². The van der Waals surface area contributed by atoms with Crippen LogP contribution in [0.4, 0.5) is 11.5 Å². The largest absolute Gasteiger partial charge is 0.545 e. The predicted octanol–water partition coefficient (Wildman–Crippen LogP) is 3.71. The molecule has 0 unspecified atom stereocenters. The average molecular weight is 354 g/mol. The van der Waals surface area contributed by atoms with Crippen LogP contribution in [0.2, 0.25) is 0 Å². The highest BCUT2D eigenvalue weighted by molar-refractivity contribution is 5.92. The van der Waals surface area contributed by atoms with Gasteiger partial charge in [-0.2, -0.15) is 0 Å². The second kappa shape index (κ2) is 6.88. The fourth-order valence-electron chi connectivity index (χ4n) is 2.83. The van der Waals surface area contributed by atoms with E-state index in [4.69, 9.17) is 4.98 Å². The van der Waals surface area contributed by atoms with Gasteiger partial charge in [-0.15, -0.1) is 0 Å². The third-order valence-corrected chi connectivity index (χ3v) is 4.30. The number of benzene rings is 3. The SMILES string of the molecule is Cc1ccc(-c2nc(Nc3ccc(C(=O)[O-])cc3)c3ccccc3n2)cc1. The van der Waals surface area contributed by atoms with Gasteiger partial charge in [0.05, 0.1) is 11.5 Å². The molecule has 1 N–H and O–H groups in total. The molecule has 5 heteroatoms. The van der Waals surface area contributed by atoms with Crippen LogP contribution in [0.3, 0.4) is 0 Å². The van der Waals surface area contributed by atoms with Gasteiger partial charge in [-0.1, -0.05) is 54.1 Å². The standard InChI is InChI=1S/C22H17N3O2/c1-14-6-8-15(9-7-14)20-24-19-5-3-2-4-18(19)21(25-20)23-17-12-10-16(11-13-17)22(26)27/h2-13H,1H3,(H,26,27)(H,23,24,25)/p-1. The van der Waals surface area contributed by atoms with E-state index < -0.39 is 5.97 Å². The van der Waals surface area contributed by atoms with Gasteiger partial charge in [0.2, 0.25) is 0 Å². The Labute approximate surface area is 156 Å². The van der Waals surface area contributed by atoms with Crippen LogP contribution in [0.25, 0.3) is 22.3 Å². The van der Waals surface area contributed by atoms with Crippen LogP contribution in [0.5, 0.6) is 0 Å². The minimum Gasteiger partial charge on any atom is -0.545 e. The molecule has 0 aliphatic heterocycles. The van der Waals surface area contributed by atoms with E-state index in [2.05, 4.69) is 10.3 Å². The summed E-state index contributed by atoms with van der Waals surface area (Å²) in [5.41, 5.74) is 3.80. The van der Waals surface area contributed by atoms with E-state index in [-0.39, 0.29) is 5.56 Å². The molecule has 0 saturated carbocycles. The number of fused-ring (bicyclic) bond motifs is 1. The number of hydrogen-bond acceptors (Lipinski definition) is 5. The normalized spacial score (nSPS) is 10.7. The molecule has 0 amide bonds. The number of hydrogen-bond donors (Lipinski definition) is 1. The second-order valence-corrected chi connectivity index (χ2v) is 6.27. The number of aryl methyl sites for hydroxylation is 1. The molecule has 132 valence electrons. The number of para-hydroxylation sites is 1. The number of aromatic nitrogens is 2. The van der Waals surface area contributed by atoms with Crippen molar-refractivity contribution in [2.24, 2.45) is 0 Å². The summed E-state index contributed by atoms with van der Waals surface area (Å²) in [5.74, 6) is 0.0932. The molecule has 0 saturated heterocycles. The molecule has 4 rings (SSSR count). The van der Waals surface area contributed by atoms with Crippen molar-refractivity contribution >= 4 is 28.4 Å². The maximum absolute atomic E-state index is 10.9. The summed E-state index contributed by atoms with van der Waals surface area (Å²) < 4.78 is 0. The number of nitrogens with zero attached hydrogens (tertiary/aromatic N) is 2. The zero-order valence-corrected chi connectivity index (χ0v) is 14.6. The average Bonchev–Trinajstić information content (AvgIpc) is 2.69. The lowest BCUT2D eigenvalue weighted by Gasteiger charge is -2.12. The Kier molecular flexibility index (Phi) is 4.26. The number of nitrogens with one attached hydrogen (secondary N) is 1. The second-order valence-electron chi connectivity index (χ2n) is 6.27. The van der Waals surface area contributed by atoms with Crippen molar-refractivity contribution in [3.8, 4) is 11.4 Å². The molecule has 3 aromatic carbocycles. The predicted molar refractivity (Wildman–Crippen MR) is 104 cm³/mol. The molecule has 0 spiro atoms. The Morgan fingerprint density at radius 1 is 0.889 bits per heavy atom. The summed E-state index contributed by atoms with van der Waals surface area (Å²) in [5, 5.41) is 15.1. The molecule has 0 bridgehead atoms. The fraction of sp³-hybridized carbons (Fsp3) is 0.0455. The Balaban J connectivity index is 1.78. The Bertz CT molecular complexity index is 1120. The van der Waals surface area contributed by atoms with E-state index in [0.717, 1.165) is 22.2 Å². The number of carbonyl (C=O) groups is 1. The molecule has 4 aromatic rings. The van der Waals surface area contributed by atoms with Crippen molar-refractivity contribution in [1.82, 2.24) is 9.97 Å². The minimum atomic E-state index is -1.20. The van der Waals surface area contributed by atoms with Crippen molar-refractivity contribution in [3.63, 3.8) is 0 Å². The van der Waals surface area contributed by atoms with E-state index in [0.29, 0.717) is 11.6 Å².